The van der Waals surface area contributed by atoms with Crippen molar-refractivity contribution in [3.8, 4) is 0 Å². The molecule has 0 fully saturated rings. The number of ether oxygens (including phenoxy) is 1. The van der Waals surface area contributed by atoms with Crippen LogP contribution in [0.4, 0.5) is 0 Å². The van der Waals surface area contributed by atoms with Crippen LogP contribution in [-0.2, 0) is 20.4 Å². The van der Waals surface area contributed by atoms with Crippen LogP contribution in [0.25, 0.3) is 0 Å². The van der Waals surface area contributed by atoms with Crippen LogP contribution in [0, 0.1) is 13.8 Å². The summed E-state index contributed by atoms with van der Waals surface area (Å²) >= 11 is 0. The maximum Gasteiger partial charge on any atom is 0.300 e. The number of rotatable bonds is 7. The first-order chi connectivity index (χ1) is 11.4. The summed E-state index contributed by atoms with van der Waals surface area (Å²) in [4.78, 5) is 13.1. The van der Waals surface area contributed by atoms with Gasteiger partial charge < -0.3 is 9.26 Å². The molecule has 0 aliphatic rings. The van der Waals surface area contributed by atoms with E-state index in [0.717, 1.165) is 16.7 Å². The second-order valence-corrected chi connectivity index (χ2v) is 7.93. The molecule has 0 aliphatic carbocycles. The lowest BCUT2D eigenvalue weighted by Gasteiger charge is -2.19. The van der Waals surface area contributed by atoms with Crippen molar-refractivity contribution in [1.29, 1.82) is 0 Å². The van der Waals surface area contributed by atoms with Crippen molar-refractivity contribution in [3.05, 3.63) is 64.7 Å². The smallest absolute Gasteiger partial charge is 0.300 e. The number of aryl methyl sites for hydroxylation is 2. The van der Waals surface area contributed by atoms with Crippen LogP contribution in [0.2, 0.25) is 0 Å². The topological polar surface area (TPSA) is 52.6 Å². The minimum Gasteiger partial charge on any atom is -0.380 e. The molecule has 0 aliphatic heterocycles. The third-order valence-corrected chi connectivity index (χ3v) is 6.15. The molecule has 24 heavy (non-hydrogen) atoms. The molecule has 4 nitrogen and oxygen atoms in total. The van der Waals surface area contributed by atoms with Crippen LogP contribution in [-0.4, -0.2) is 19.2 Å². The molecule has 128 valence electrons. The fourth-order valence-corrected chi connectivity index (χ4v) is 4.92. The fraction of sp³-hybridized carbons (Fsp3) is 0.316. The van der Waals surface area contributed by atoms with E-state index in [9.17, 15) is 9.36 Å². The molecule has 0 bridgehead atoms. The molecule has 0 spiro atoms. The Balaban J connectivity index is 2.54. The molecule has 0 heterocycles. The average Bonchev–Trinajstić information content (AvgIpc) is 2.55. The largest absolute Gasteiger partial charge is 0.380 e. The molecule has 2 aromatic rings. The highest BCUT2D eigenvalue weighted by atomic mass is 31.2. The summed E-state index contributed by atoms with van der Waals surface area (Å²) in [6.45, 7) is 6.11. The van der Waals surface area contributed by atoms with Crippen LogP contribution in [0.5, 0.6) is 0 Å². The van der Waals surface area contributed by atoms with Gasteiger partial charge in [0.05, 0.1) is 13.2 Å². The Kier molecular flexibility index (Phi) is 6.11. The van der Waals surface area contributed by atoms with Gasteiger partial charge in [-0.2, -0.15) is 0 Å². The Morgan fingerprint density at radius 1 is 1.08 bits per heavy atom. The molecule has 0 N–H and O–H groups in total. The number of methoxy groups -OCH3 is 1. The van der Waals surface area contributed by atoms with Gasteiger partial charge in [-0.25, -0.2) is 0 Å². The normalized spacial score (nSPS) is 13.5. The lowest BCUT2D eigenvalue weighted by atomic mass is 10.0. The Labute approximate surface area is 143 Å². The molecule has 1 unspecified atom stereocenters. The highest BCUT2D eigenvalue weighted by molar-refractivity contribution is 7.83. The lowest BCUT2D eigenvalue weighted by Crippen LogP contribution is -2.17. The lowest BCUT2D eigenvalue weighted by molar-refractivity contribution is 0.105. The van der Waals surface area contributed by atoms with Gasteiger partial charge in [0, 0.05) is 18.0 Å². The third-order valence-electron chi connectivity index (χ3n) is 3.79. The number of carbonyl (C=O) groups excluding carboxylic acids is 1. The summed E-state index contributed by atoms with van der Waals surface area (Å²) in [5.41, 5.74) is 2.56. The van der Waals surface area contributed by atoms with E-state index in [1.54, 1.807) is 38.3 Å². The van der Waals surface area contributed by atoms with E-state index >= 15 is 0 Å². The van der Waals surface area contributed by atoms with E-state index in [0.29, 0.717) is 17.5 Å². The first-order valence-electron chi connectivity index (χ1n) is 7.88. The molecule has 2 aromatic carbocycles. The molecule has 2 rings (SSSR count). The van der Waals surface area contributed by atoms with Gasteiger partial charge in [-0.3, -0.25) is 9.36 Å². The van der Waals surface area contributed by atoms with E-state index in [-0.39, 0.29) is 6.61 Å². The Morgan fingerprint density at radius 3 is 2.17 bits per heavy atom. The van der Waals surface area contributed by atoms with Gasteiger partial charge >= 0.3 is 7.37 Å². The fourth-order valence-electron chi connectivity index (χ4n) is 2.84. The SMILES string of the molecule is CCOP(=O)(C(=O)c1c(C)cc(COC)cc1C)c1ccccc1. The average molecular weight is 346 g/mol. The third kappa shape index (κ3) is 3.67. The van der Waals surface area contributed by atoms with Gasteiger partial charge in [-0.15, -0.1) is 0 Å². The van der Waals surface area contributed by atoms with Crippen molar-refractivity contribution >= 4 is 18.2 Å². The summed E-state index contributed by atoms with van der Waals surface area (Å²) in [5, 5.41) is 0.427. The minimum absolute atomic E-state index is 0.206. The predicted molar refractivity (Wildman–Crippen MR) is 96.3 cm³/mol. The van der Waals surface area contributed by atoms with E-state index in [4.69, 9.17) is 9.26 Å². The van der Waals surface area contributed by atoms with Gasteiger partial charge in [0.15, 0.2) is 0 Å². The van der Waals surface area contributed by atoms with Gasteiger partial charge in [0.25, 0.3) is 5.52 Å². The van der Waals surface area contributed by atoms with Gasteiger partial charge in [-0.1, -0.05) is 30.3 Å². The predicted octanol–water partition coefficient (Wildman–Crippen LogP) is 4.23. The Bertz CT molecular complexity index is 745. The van der Waals surface area contributed by atoms with Crippen LogP contribution in [0.15, 0.2) is 42.5 Å². The molecular formula is C19H23O4P. The van der Waals surface area contributed by atoms with Crippen LogP contribution >= 0.6 is 7.37 Å². The van der Waals surface area contributed by atoms with E-state index in [1.165, 1.54) is 0 Å². The van der Waals surface area contributed by atoms with Crippen molar-refractivity contribution in [2.75, 3.05) is 13.7 Å². The van der Waals surface area contributed by atoms with Crippen LogP contribution in [0.1, 0.15) is 34.0 Å². The zero-order chi connectivity index (χ0) is 17.7. The van der Waals surface area contributed by atoms with E-state index in [2.05, 4.69) is 0 Å². The van der Waals surface area contributed by atoms with E-state index < -0.39 is 12.9 Å². The van der Waals surface area contributed by atoms with Gasteiger partial charge in [-0.05, 0) is 49.6 Å². The Morgan fingerprint density at radius 2 is 1.67 bits per heavy atom. The molecule has 0 radical (unpaired) electrons. The van der Waals surface area contributed by atoms with Gasteiger partial charge in [0.1, 0.15) is 0 Å². The highest BCUT2D eigenvalue weighted by Crippen LogP contribution is 2.49. The van der Waals surface area contributed by atoms with Crippen molar-refractivity contribution in [2.24, 2.45) is 0 Å². The van der Waals surface area contributed by atoms with Crippen LogP contribution in [0.3, 0.4) is 0 Å². The minimum atomic E-state index is -3.64. The highest BCUT2D eigenvalue weighted by Gasteiger charge is 2.37. The number of carbonyl (C=O) groups is 1. The molecule has 0 saturated carbocycles. The van der Waals surface area contributed by atoms with E-state index in [1.807, 2.05) is 32.0 Å². The summed E-state index contributed by atoms with van der Waals surface area (Å²) < 4.78 is 24.1. The van der Waals surface area contributed by atoms with Crippen molar-refractivity contribution in [3.63, 3.8) is 0 Å². The number of benzene rings is 2. The molecule has 0 aromatic heterocycles. The Hall–Kier alpha value is -1.74. The summed E-state index contributed by atoms with van der Waals surface area (Å²) in [7, 11) is -2.01. The monoisotopic (exact) mass is 346 g/mol. The van der Waals surface area contributed by atoms with Crippen molar-refractivity contribution in [2.45, 2.75) is 27.4 Å². The van der Waals surface area contributed by atoms with Crippen LogP contribution < -0.4 is 5.30 Å². The second kappa shape index (κ2) is 7.89. The zero-order valence-corrected chi connectivity index (χ0v) is 15.4. The first kappa shape index (κ1) is 18.6. The van der Waals surface area contributed by atoms with Gasteiger partial charge in [0.2, 0.25) is 0 Å². The number of hydrogen-bond donors (Lipinski definition) is 0. The molecule has 1 atom stereocenters. The molecular weight excluding hydrogens is 323 g/mol. The first-order valence-corrected chi connectivity index (χ1v) is 9.50. The summed E-state index contributed by atoms with van der Waals surface area (Å²) in [5.74, 6) is 0. The summed E-state index contributed by atoms with van der Waals surface area (Å²) in [6.07, 6.45) is 0. The quantitative estimate of drug-likeness (QED) is 0.704. The molecule has 0 amide bonds. The summed E-state index contributed by atoms with van der Waals surface area (Å²) in [6, 6.07) is 12.5. The maximum atomic E-state index is 13.4. The molecule has 5 heteroatoms. The maximum absolute atomic E-state index is 13.4. The van der Waals surface area contributed by atoms with Crippen molar-refractivity contribution < 1.29 is 18.6 Å². The standard InChI is InChI=1S/C19H23O4P/c1-5-23-24(21,17-9-7-6-8-10-17)19(20)18-14(2)11-16(13-22-4)12-15(18)3/h6-12H,5,13H2,1-4H3. The van der Waals surface area contributed by atoms with Crippen molar-refractivity contribution in [1.82, 2.24) is 0 Å². The molecule has 0 saturated heterocycles. The second-order valence-electron chi connectivity index (χ2n) is 5.65. The zero-order valence-electron chi connectivity index (χ0n) is 14.5. The number of hydrogen-bond acceptors (Lipinski definition) is 4.